The van der Waals surface area contributed by atoms with Gasteiger partial charge in [-0.05, 0) is 54.0 Å². The molecule has 0 aliphatic carbocycles. The summed E-state index contributed by atoms with van der Waals surface area (Å²) in [6.45, 7) is 1.76. The Morgan fingerprint density at radius 2 is 1.67 bits per heavy atom. The molecule has 1 aromatic heterocycles. The van der Waals surface area contributed by atoms with Crippen LogP contribution in [0.3, 0.4) is 0 Å². The molecule has 1 aliphatic rings. The van der Waals surface area contributed by atoms with Gasteiger partial charge in [-0.1, -0.05) is 54.6 Å². The van der Waals surface area contributed by atoms with Crippen LogP contribution in [0.2, 0.25) is 0 Å². The number of Topliss-reactive ketones (excluding diaryl/α,β-unsaturated/α-hetero) is 1. The fourth-order valence-electron chi connectivity index (χ4n) is 3.67. The van der Waals surface area contributed by atoms with Crippen LogP contribution in [0.1, 0.15) is 31.8 Å². The third-order valence-electron chi connectivity index (χ3n) is 5.45. The van der Waals surface area contributed by atoms with Crippen molar-refractivity contribution in [3.05, 3.63) is 119 Å². The van der Waals surface area contributed by atoms with Crippen LogP contribution in [0.15, 0.2) is 97.0 Å². The Balaban J connectivity index is 1.38. The Labute approximate surface area is 191 Å². The lowest BCUT2D eigenvalue weighted by Gasteiger charge is -2.10. The van der Waals surface area contributed by atoms with Crippen molar-refractivity contribution < 1.29 is 19.1 Å². The van der Waals surface area contributed by atoms with Gasteiger partial charge in [0.15, 0.2) is 5.76 Å². The topological polar surface area (TPSA) is 65.5 Å². The summed E-state index contributed by atoms with van der Waals surface area (Å²) in [7, 11) is 0. The van der Waals surface area contributed by atoms with Gasteiger partial charge < -0.3 is 9.47 Å². The molecule has 5 rings (SSSR count). The van der Waals surface area contributed by atoms with E-state index < -0.39 is 5.97 Å². The van der Waals surface area contributed by atoms with Crippen molar-refractivity contribution >= 4 is 17.8 Å². The number of ether oxygens (including phenoxy) is 2. The summed E-state index contributed by atoms with van der Waals surface area (Å²) in [6, 6.07) is 24.5. The highest BCUT2D eigenvalue weighted by Crippen LogP contribution is 2.39. The SMILES string of the molecule is Cc1c(OC(=O)c2cccnc2)ccc2c1O/C(=C\c1ccc(-c3ccccc3)cc1)C2=O. The zero-order valence-corrected chi connectivity index (χ0v) is 17.8. The minimum atomic E-state index is -0.523. The second-order valence-corrected chi connectivity index (χ2v) is 7.62. The maximum atomic E-state index is 12.9. The van der Waals surface area contributed by atoms with Gasteiger partial charge in [-0.2, -0.15) is 0 Å². The zero-order chi connectivity index (χ0) is 22.8. The lowest BCUT2D eigenvalue weighted by Crippen LogP contribution is -2.09. The van der Waals surface area contributed by atoms with Crippen molar-refractivity contribution in [3.63, 3.8) is 0 Å². The third kappa shape index (κ3) is 4.04. The molecule has 0 saturated carbocycles. The molecule has 0 N–H and O–H groups in total. The number of ketones is 1. The molecule has 0 amide bonds. The number of fused-ring (bicyclic) bond motifs is 1. The van der Waals surface area contributed by atoms with Gasteiger partial charge >= 0.3 is 5.97 Å². The van der Waals surface area contributed by atoms with Crippen LogP contribution in [0, 0.1) is 6.92 Å². The van der Waals surface area contributed by atoms with Gasteiger partial charge in [0.25, 0.3) is 0 Å². The number of esters is 1. The summed E-state index contributed by atoms with van der Waals surface area (Å²) in [6.07, 6.45) is 4.74. The highest BCUT2D eigenvalue weighted by Gasteiger charge is 2.30. The van der Waals surface area contributed by atoms with Crippen LogP contribution in [-0.2, 0) is 0 Å². The maximum Gasteiger partial charge on any atom is 0.345 e. The molecule has 160 valence electrons. The second kappa shape index (κ2) is 8.55. The van der Waals surface area contributed by atoms with E-state index in [1.165, 1.54) is 6.20 Å². The van der Waals surface area contributed by atoms with Crippen LogP contribution >= 0.6 is 0 Å². The Bertz CT molecular complexity index is 1380. The van der Waals surface area contributed by atoms with Crippen LogP contribution in [0.5, 0.6) is 11.5 Å². The fraction of sp³-hybridized carbons (Fsp3) is 0.0357. The quantitative estimate of drug-likeness (QED) is 0.228. The summed E-state index contributed by atoms with van der Waals surface area (Å²) >= 11 is 0. The van der Waals surface area contributed by atoms with Crippen LogP contribution in [0.4, 0.5) is 0 Å². The van der Waals surface area contributed by atoms with E-state index in [1.54, 1.807) is 43.5 Å². The van der Waals surface area contributed by atoms with Crippen LogP contribution in [0.25, 0.3) is 17.2 Å². The Hall–Kier alpha value is -4.51. The summed E-state index contributed by atoms with van der Waals surface area (Å²) < 4.78 is 11.4. The smallest absolute Gasteiger partial charge is 0.345 e. The van der Waals surface area contributed by atoms with Crippen molar-refractivity contribution in [2.75, 3.05) is 0 Å². The van der Waals surface area contributed by atoms with Crippen molar-refractivity contribution in [3.8, 4) is 22.6 Å². The number of pyridine rings is 1. The number of rotatable bonds is 4. The first-order valence-electron chi connectivity index (χ1n) is 10.5. The summed E-state index contributed by atoms with van der Waals surface area (Å²) in [5.41, 5.74) is 4.44. The van der Waals surface area contributed by atoms with E-state index in [1.807, 2.05) is 42.5 Å². The van der Waals surface area contributed by atoms with Gasteiger partial charge in [0, 0.05) is 18.0 Å². The minimum absolute atomic E-state index is 0.203. The standard InChI is InChI=1S/C28H19NO4/c1-18-24(33-28(31)22-8-5-15-29-17-22)14-13-23-26(30)25(32-27(18)23)16-19-9-11-21(12-10-19)20-6-3-2-4-7-20/h2-17H,1H3/b25-16-. The molecule has 0 radical (unpaired) electrons. The number of allylic oxidation sites excluding steroid dienone is 1. The van der Waals surface area contributed by atoms with Gasteiger partial charge in [0.1, 0.15) is 11.5 Å². The number of carbonyl (C=O) groups is 2. The highest BCUT2D eigenvalue weighted by molar-refractivity contribution is 6.15. The lowest BCUT2D eigenvalue weighted by molar-refractivity contribution is 0.0732. The summed E-state index contributed by atoms with van der Waals surface area (Å²) in [4.78, 5) is 29.2. The Morgan fingerprint density at radius 1 is 0.909 bits per heavy atom. The molecule has 0 saturated heterocycles. The minimum Gasteiger partial charge on any atom is -0.452 e. The number of aromatic nitrogens is 1. The second-order valence-electron chi connectivity index (χ2n) is 7.62. The monoisotopic (exact) mass is 433 g/mol. The fourth-order valence-corrected chi connectivity index (χ4v) is 3.67. The number of carbonyl (C=O) groups excluding carboxylic acids is 2. The first kappa shape index (κ1) is 20.4. The van der Waals surface area contributed by atoms with Gasteiger partial charge in [-0.25, -0.2) is 4.79 Å². The Morgan fingerprint density at radius 3 is 2.39 bits per heavy atom. The number of hydrogen-bond donors (Lipinski definition) is 0. The van der Waals surface area contributed by atoms with Gasteiger partial charge in [-0.3, -0.25) is 9.78 Å². The molecule has 0 atom stereocenters. The summed E-state index contributed by atoms with van der Waals surface area (Å²) in [5, 5.41) is 0. The molecule has 5 nitrogen and oxygen atoms in total. The highest BCUT2D eigenvalue weighted by atomic mass is 16.5. The van der Waals surface area contributed by atoms with Crippen molar-refractivity contribution in [2.24, 2.45) is 0 Å². The van der Waals surface area contributed by atoms with Gasteiger partial charge in [0.2, 0.25) is 5.78 Å². The van der Waals surface area contributed by atoms with Crippen LogP contribution in [-0.4, -0.2) is 16.7 Å². The summed E-state index contributed by atoms with van der Waals surface area (Å²) in [5.74, 6) is 0.249. The van der Waals surface area contributed by atoms with Crippen molar-refractivity contribution in [2.45, 2.75) is 6.92 Å². The maximum absolute atomic E-state index is 12.9. The molecular weight excluding hydrogens is 414 g/mol. The Kier molecular flexibility index (Phi) is 5.29. The molecule has 0 spiro atoms. The average Bonchev–Trinajstić information content (AvgIpc) is 3.18. The normalized spacial score (nSPS) is 13.5. The predicted octanol–water partition coefficient (Wildman–Crippen LogP) is 5.89. The molecule has 33 heavy (non-hydrogen) atoms. The number of benzene rings is 3. The first-order valence-corrected chi connectivity index (χ1v) is 10.5. The van der Waals surface area contributed by atoms with E-state index in [4.69, 9.17) is 9.47 Å². The molecule has 0 fully saturated rings. The van der Waals surface area contributed by atoms with E-state index in [9.17, 15) is 9.59 Å². The number of hydrogen-bond acceptors (Lipinski definition) is 5. The molecule has 4 aromatic rings. The molecule has 2 heterocycles. The molecule has 1 aliphatic heterocycles. The predicted molar refractivity (Wildman–Crippen MR) is 125 cm³/mol. The van der Waals surface area contributed by atoms with Gasteiger partial charge in [0.05, 0.1) is 11.1 Å². The molecule has 5 heteroatoms. The van der Waals surface area contributed by atoms with E-state index in [0.29, 0.717) is 28.2 Å². The largest absolute Gasteiger partial charge is 0.452 e. The zero-order valence-electron chi connectivity index (χ0n) is 17.8. The molecule has 0 unspecified atom stereocenters. The molecule has 0 bridgehead atoms. The third-order valence-corrected chi connectivity index (χ3v) is 5.45. The van der Waals surface area contributed by atoms with Crippen molar-refractivity contribution in [1.82, 2.24) is 4.98 Å². The average molecular weight is 433 g/mol. The van der Waals surface area contributed by atoms with Gasteiger partial charge in [-0.15, -0.1) is 0 Å². The lowest BCUT2D eigenvalue weighted by atomic mass is 10.0. The van der Waals surface area contributed by atoms with Crippen LogP contribution < -0.4 is 9.47 Å². The first-order chi connectivity index (χ1) is 16.1. The van der Waals surface area contributed by atoms with Crippen molar-refractivity contribution in [1.29, 1.82) is 0 Å². The number of nitrogens with zero attached hydrogens (tertiary/aromatic N) is 1. The van der Waals surface area contributed by atoms with E-state index in [2.05, 4.69) is 17.1 Å². The van der Waals surface area contributed by atoms with E-state index in [-0.39, 0.29) is 11.5 Å². The van der Waals surface area contributed by atoms with E-state index >= 15 is 0 Å². The van der Waals surface area contributed by atoms with E-state index in [0.717, 1.165) is 16.7 Å². The molecule has 3 aromatic carbocycles. The molecular formula is C28H19NO4.